The summed E-state index contributed by atoms with van der Waals surface area (Å²) in [6, 6.07) is 9.57. The molecule has 0 atom stereocenters. The van der Waals surface area contributed by atoms with E-state index in [0.29, 0.717) is 18.2 Å². The number of aromatic nitrogens is 1. The van der Waals surface area contributed by atoms with Gasteiger partial charge in [0.2, 0.25) is 5.88 Å². The molecule has 0 bridgehead atoms. The Hall–Kier alpha value is -2.63. The topological polar surface area (TPSA) is 58.5 Å². The van der Waals surface area contributed by atoms with Crippen molar-refractivity contribution in [1.82, 2.24) is 15.6 Å². The van der Waals surface area contributed by atoms with E-state index >= 15 is 0 Å². The number of aliphatic imine (C=N–C) groups is 1. The maximum atomic E-state index is 12.9. The zero-order valence-electron chi connectivity index (χ0n) is 14.8. The van der Waals surface area contributed by atoms with Crippen LogP contribution in [0.5, 0.6) is 11.6 Å². The molecule has 2 rings (SSSR count). The van der Waals surface area contributed by atoms with Crippen LogP contribution in [0.2, 0.25) is 0 Å². The summed E-state index contributed by atoms with van der Waals surface area (Å²) < 4.78 is 18.5. The summed E-state index contributed by atoms with van der Waals surface area (Å²) in [5.41, 5.74) is 1.02. The minimum atomic E-state index is -0.293. The number of halogens is 1. The second kappa shape index (κ2) is 10.3. The predicted molar refractivity (Wildman–Crippen MR) is 98.4 cm³/mol. The van der Waals surface area contributed by atoms with Crippen LogP contribution in [0.1, 0.15) is 31.7 Å². The van der Waals surface area contributed by atoms with Crippen LogP contribution in [-0.4, -0.2) is 24.5 Å². The Balaban J connectivity index is 1.80. The highest BCUT2D eigenvalue weighted by Crippen LogP contribution is 2.19. The van der Waals surface area contributed by atoms with Gasteiger partial charge in [0.15, 0.2) is 5.96 Å². The standard InChI is InChI=1S/C19H25FN4O/c1-3-4-5-12-22-19(21-2)24-14-15-6-11-18(23-13-15)25-17-9-7-16(20)8-10-17/h6-11,13H,3-5,12,14H2,1-2H3,(H2,21,22,24). The molecule has 2 aromatic rings. The van der Waals surface area contributed by atoms with Gasteiger partial charge in [0.05, 0.1) is 0 Å². The maximum absolute atomic E-state index is 12.9. The van der Waals surface area contributed by atoms with Gasteiger partial charge in [0.1, 0.15) is 11.6 Å². The van der Waals surface area contributed by atoms with Crippen molar-refractivity contribution in [3.8, 4) is 11.6 Å². The monoisotopic (exact) mass is 344 g/mol. The molecule has 1 aromatic carbocycles. The summed E-state index contributed by atoms with van der Waals surface area (Å²) in [5.74, 6) is 1.51. The summed E-state index contributed by atoms with van der Waals surface area (Å²) in [7, 11) is 1.76. The molecule has 134 valence electrons. The molecule has 0 aliphatic carbocycles. The maximum Gasteiger partial charge on any atom is 0.219 e. The smallest absolute Gasteiger partial charge is 0.219 e. The van der Waals surface area contributed by atoms with Gasteiger partial charge in [-0.2, -0.15) is 0 Å². The zero-order chi connectivity index (χ0) is 17.9. The van der Waals surface area contributed by atoms with Crippen molar-refractivity contribution in [2.24, 2.45) is 4.99 Å². The number of nitrogens with one attached hydrogen (secondary N) is 2. The Morgan fingerprint density at radius 2 is 1.92 bits per heavy atom. The molecule has 5 nitrogen and oxygen atoms in total. The van der Waals surface area contributed by atoms with Gasteiger partial charge in [-0.05, 0) is 36.2 Å². The van der Waals surface area contributed by atoms with Crippen LogP contribution < -0.4 is 15.4 Å². The lowest BCUT2D eigenvalue weighted by Crippen LogP contribution is -2.37. The Morgan fingerprint density at radius 3 is 2.56 bits per heavy atom. The molecule has 0 aliphatic heterocycles. The number of ether oxygens (including phenoxy) is 1. The van der Waals surface area contributed by atoms with E-state index in [2.05, 4.69) is 27.5 Å². The van der Waals surface area contributed by atoms with Gasteiger partial charge in [-0.25, -0.2) is 9.37 Å². The highest BCUT2D eigenvalue weighted by Gasteiger charge is 2.02. The van der Waals surface area contributed by atoms with E-state index in [4.69, 9.17) is 4.74 Å². The number of unbranched alkanes of at least 4 members (excludes halogenated alkanes) is 2. The molecule has 25 heavy (non-hydrogen) atoms. The lowest BCUT2D eigenvalue weighted by molar-refractivity contribution is 0.461. The molecule has 1 aromatic heterocycles. The molecule has 0 radical (unpaired) electrons. The summed E-state index contributed by atoms with van der Waals surface area (Å²) in [5, 5.41) is 6.54. The van der Waals surface area contributed by atoms with Crippen LogP contribution in [0.3, 0.4) is 0 Å². The zero-order valence-corrected chi connectivity index (χ0v) is 14.8. The molecule has 1 heterocycles. The van der Waals surface area contributed by atoms with E-state index in [9.17, 15) is 4.39 Å². The molecule has 2 N–H and O–H groups in total. The average molecular weight is 344 g/mol. The number of guanidine groups is 1. The van der Waals surface area contributed by atoms with E-state index < -0.39 is 0 Å². The molecule has 6 heteroatoms. The van der Waals surface area contributed by atoms with Crippen molar-refractivity contribution in [3.05, 3.63) is 54.0 Å². The van der Waals surface area contributed by atoms with Gasteiger partial charge in [0.25, 0.3) is 0 Å². The quantitative estimate of drug-likeness (QED) is 0.434. The Morgan fingerprint density at radius 1 is 1.12 bits per heavy atom. The van der Waals surface area contributed by atoms with Crippen molar-refractivity contribution in [2.45, 2.75) is 32.7 Å². The third kappa shape index (κ3) is 6.79. The van der Waals surface area contributed by atoms with E-state index in [0.717, 1.165) is 24.5 Å². The first kappa shape index (κ1) is 18.7. The van der Waals surface area contributed by atoms with Crippen LogP contribution in [0, 0.1) is 5.82 Å². The molecule has 0 amide bonds. The van der Waals surface area contributed by atoms with Crippen molar-refractivity contribution in [2.75, 3.05) is 13.6 Å². The lowest BCUT2D eigenvalue weighted by atomic mass is 10.2. The third-order valence-corrected chi connectivity index (χ3v) is 3.59. The van der Waals surface area contributed by atoms with Gasteiger partial charge in [-0.1, -0.05) is 25.8 Å². The fourth-order valence-corrected chi connectivity index (χ4v) is 2.19. The predicted octanol–water partition coefficient (Wildman–Crippen LogP) is 3.87. The fraction of sp³-hybridized carbons (Fsp3) is 0.368. The SMILES string of the molecule is CCCCCNC(=NC)NCc1ccc(Oc2ccc(F)cc2)nc1. The first-order chi connectivity index (χ1) is 12.2. The third-order valence-electron chi connectivity index (χ3n) is 3.59. The summed E-state index contributed by atoms with van der Waals surface area (Å²) in [6.07, 6.45) is 5.29. The number of hydrogen-bond donors (Lipinski definition) is 2. The second-order valence-electron chi connectivity index (χ2n) is 5.62. The molecule has 0 spiro atoms. The lowest BCUT2D eigenvalue weighted by Gasteiger charge is -2.12. The number of pyridine rings is 1. The highest BCUT2D eigenvalue weighted by atomic mass is 19.1. The Bertz CT molecular complexity index is 656. The number of rotatable bonds is 8. The number of hydrogen-bond acceptors (Lipinski definition) is 3. The summed E-state index contributed by atoms with van der Waals surface area (Å²) in [6.45, 7) is 3.72. The highest BCUT2D eigenvalue weighted by molar-refractivity contribution is 5.79. The van der Waals surface area contributed by atoms with Crippen molar-refractivity contribution in [1.29, 1.82) is 0 Å². The van der Waals surface area contributed by atoms with Crippen molar-refractivity contribution < 1.29 is 9.13 Å². The first-order valence-electron chi connectivity index (χ1n) is 8.54. The Labute approximate surface area is 148 Å². The van der Waals surface area contributed by atoms with Crippen LogP contribution in [0.15, 0.2) is 47.6 Å². The van der Waals surface area contributed by atoms with Crippen LogP contribution in [-0.2, 0) is 6.54 Å². The first-order valence-corrected chi connectivity index (χ1v) is 8.54. The molecule has 0 fully saturated rings. The average Bonchev–Trinajstić information content (AvgIpc) is 2.64. The van der Waals surface area contributed by atoms with E-state index in [1.165, 1.54) is 25.0 Å². The molecule has 0 unspecified atom stereocenters. The minimum Gasteiger partial charge on any atom is -0.439 e. The van der Waals surface area contributed by atoms with E-state index in [1.807, 2.05) is 6.07 Å². The van der Waals surface area contributed by atoms with Crippen LogP contribution in [0.4, 0.5) is 4.39 Å². The van der Waals surface area contributed by atoms with Gasteiger partial charge in [-0.15, -0.1) is 0 Å². The van der Waals surface area contributed by atoms with Crippen LogP contribution in [0.25, 0.3) is 0 Å². The molecule has 0 saturated carbocycles. The number of benzene rings is 1. The van der Waals surface area contributed by atoms with E-state index in [1.54, 1.807) is 31.4 Å². The van der Waals surface area contributed by atoms with Gasteiger partial charge in [0, 0.05) is 32.4 Å². The fourth-order valence-electron chi connectivity index (χ4n) is 2.19. The van der Waals surface area contributed by atoms with Crippen molar-refractivity contribution >= 4 is 5.96 Å². The summed E-state index contributed by atoms with van der Waals surface area (Å²) >= 11 is 0. The largest absolute Gasteiger partial charge is 0.439 e. The van der Waals surface area contributed by atoms with Gasteiger partial charge < -0.3 is 15.4 Å². The normalized spacial score (nSPS) is 11.2. The second-order valence-corrected chi connectivity index (χ2v) is 5.62. The van der Waals surface area contributed by atoms with Gasteiger partial charge in [-0.3, -0.25) is 4.99 Å². The molecule has 0 saturated heterocycles. The number of nitrogens with zero attached hydrogens (tertiary/aromatic N) is 2. The Kier molecular flexibility index (Phi) is 7.69. The summed E-state index contributed by atoms with van der Waals surface area (Å²) in [4.78, 5) is 8.47. The van der Waals surface area contributed by atoms with Crippen molar-refractivity contribution in [3.63, 3.8) is 0 Å². The molecular formula is C19H25FN4O. The molecule has 0 aliphatic rings. The molecular weight excluding hydrogens is 319 g/mol. The van der Waals surface area contributed by atoms with Gasteiger partial charge >= 0.3 is 0 Å². The van der Waals surface area contributed by atoms with Crippen LogP contribution >= 0.6 is 0 Å². The minimum absolute atomic E-state index is 0.293. The van der Waals surface area contributed by atoms with E-state index in [-0.39, 0.29) is 5.82 Å².